The Balaban J connectivity index is 1.69. The summed E-state index contributed by atoms with van der Waals surface area (Å²) in [6.45, 7) is -0.346. The lowest BCUT2D eigenvalue weighted by Crippen LogP contribution is -2.35. The van der Waals surface area contributed by atoms with Gasteiger partial charge in [0.2, 0.25) is 5.91 Å². The van der Waals surface area contributed by atoms with Crippen molar-refractivity contribution < 1.29 is 13.2 Å². The maximum atomic E-state index is 12.8. The van der Waals surface area contributed by atoms with E-state index in [0.29, 0.717) is 16.8 Å². The highest BCUT2D eigenvalue weighted by molar-refractivity contribution is 7.93. The van der Waals surface area contributed by atoms with Gasteiger partial charge in [-0.15, -0.1) is 0 Å². The quantitative estimate of drug-likeness (QED) is 0.716. The van der Waals surface area contributed by atoms with Gasteiger partial charge in [0, 0.05) is 11.6 Å². The Morgan fingerprint density at radius 3 is 2.64 bits per heavy atom. The summed E-state index contributed by atoms with van der Waals surface area (Å²) in [4.78, 5) is 16.5. The molecule has 0 radical (unpaired) electrons. The number of nitrogens with one attached hydrogen (secondary N) is 1. The van der Waals surface area contributed by atoms with Gasteiger partial charge in [0.15, 0.2) is 5.15 Å². The van der Waals surface area contributed by atoms with Crippen molar-refractivity contribution in [2.75, 3.05) is 16.2 Å². The summed E-state index contributed by atoms with van der Waals surface area (Å²) in [6.07, 6.45) is 1.50. The predicted octanol–water partition coefficient (Wildman–Crippen LogP) is 3.04. The molecule has 2 aromatic carbocycles. The molecular formula is C17H12ClN3O3S. The molecule has 0 fully saturated rings. The van der Waals surface area contributed by atoms with E-state index in [2.05, 4.69) is 10.3 Å². The van der Waals surface area contributed by atoms with E-state index in [9.17, 15) is 13.2 Å². The first-order chi connectivity index (χ1) is 12.0. The SMILES string of the molecule is O=C(CN1c2cccc3cccc(c23)S1(=O)=O)Nc1cccnc1Cl. The zero-order chi connectivity index (χ0) is 17.6. The third kappa shape index (κ3) is 2.52. The second-order valence-electron chi connectivity index (χ2n) is 5.53. The number of benzene rings is 2. The number of rotatable bonds is 3. The maximum Gasteiger partial charge on any atom is 0.265 e. The summed E-state index contributed by atoms with van der Waals surface area (Å²) in [5, 5.41) is 4.19. The molecular weight excluding hydrogens is 362 g/mol. The van der Waals surface area contributed by atoms with Crippen LogP contribution >= 0.6 is 11.6 Å². The van der Waals surface area contributed by atoms with Gasteiger partial charge < -0.3 is 5.32 Å². The highest BCUT2D eigenvalue weighted by Crippen LogP contribution is 2.41. The molecule has 1 aliphatic heterocycles. The number of amides is 1. The van der Waals surface area contributed by atoms with E-state index in [1.165, 1.54) is 6.20 Å². The minimum absolute atomic E-state index is 0.144. The van der Waals surface area contributed by atoms with E-state index in [0.717, 1.165) is 9.69 Å². The van der Waals surface area contributed by atoms with Crippen LogP contribution < -0.4 is 9.62 Å². The number of anilines is 2. The van der Waals surface area contributed by atoms with Gasteiger partial charge in [-0.05, 0) is 29.7 Å². The Morgan fingerprint density at radius 2 is 1.88 bits per heavy atom. The van der Waals surface area contributed by atoms with Gasteiger partial charge in [0.05, 0.1) is 16.3 Å². The smallest absolute Gasteiger partial charge is 0.265 e. The zero-order valence-corrected chi connectivity index (χ0v) is 14.4. The van der Waals surface area contributed by atoms with Crippen LogP contribution in [0.25, 0.3) is 10.8 Å². The van der Waals surface area contributed by atoms with Crippen molar-refractivity contribution in [3.05, 3.63) is 59.9 Å². The average molecular weight is 374 g/mol. The monoisotopic (exact) mass is 373 g/mol. The average Bonchev–Trinajstić information content (AvgIpc) is 2.81. The van der Waals surface area contributed by atoms with Crippen LogP contribution in [0.15, 0.2) is 59.6 Å². The highest BCUT2D eigenvalue weighted by Gasteiger charge is 2.36. The molecule has 0 spiro atoms. The van der Waals surface area contributed by atoms with E-state index < -0.39 is 15.9 Å². The van der Waals surface area contributed by atoms with Gasteiger partial charge >= 0.3 is 0 Å². The van der Waals surface area contributed by atoms with Gasteiger partial charge in [-0.2, -0.15) is 0 Å². The summed E-state index contributed by atoms with van der Waals surface area (Å²) in [5.41, 5.74) is 0.835. The molecule has 0 bridgehead atoms. The molecule has 126 valence electrons. The number of carbonyl (C=O) groups excluding carboxylic acids is 1. The van der Waals surface area contributed by atoms with E-state index in [1.54, 1.807) is 36.4 Å². The highest BCUT2D eigenvalue weighted by atomic mass is 35.5. The zero-order valence-electron chi connectivity index (χ0n) is 12.8. The van der Waals surface area contributed by atoms with E-state index >= 15 is 0 Å². The summed E-state index contributed by atoms with van der Waals surface area (Å²) in [6, 6.07) is 13.6. The van der Waals surface area contributed by atoms with Gasteiger partial charge in [0.1, 0.15) is 6.54 Å². The Bertz CT molecular complexity index is 1110. The van der Waals surface area contributed by atoms with E-state index in [4.69, 9.17) is 11.6 Å². The first kappa shape index (κ1) is 15.9. The van der Waals surface area contributed by atoms with Crippen LogP contribution in [0.3, 0.4) is 0 Å². The Kier molecular flexibility index (Phi) is 3.63. The second kappa shape index (κ2) is 5.72. The molecule has 0 unspecified atom stereocenters. The molecule has 0 saturated heterocycles. The fourth-order valence-corrected chi connectivity index (χ4v) is 4.76. The summed E-state index contributed by atoms with van der Waals surface area (Å²) < 4.78 is 26.8. The van der Waals surface area contributed by atoms with Gasteiger partial charge in [-0.25, -0.2) is 13.4 Å². The van der Waals surface area contributed by atoms with Crippen molar-refractivity contribution in [3.8, 4) is 0 Å². The first-order valence-corrected chi connectivity index (χ1v) is 9.25. The van der Waals surface area contributed by atoms with Crippen molar-refractivity contribution in [1.82, 2.24) is 4.98 Å². The van der Waals surface area contributed by atoms with Crippen molar-refractivity contribution >= 4 is 49.7 Å². The van der Waals surface area contributed by atoms with Gasteiger partial charge in [-0.3, -0.25) is 9.10 Å². The minimum Gasteiger partial charge on any atom is -0.322 e. The van der Waals surface area contributed by atoms with E-state index in [1.807, 2.05) is 12.1 Å². The number of aromatic nitrogens is 1. The van der Waals surface area contributed by atoms with Crippen molar-refractivity contribution in [2.24, 2.45) is 0 Å². The Labute approximate surface area is 149 Å². The molecule has 1 amide bonds. The molecule has 1 aliphatic rings. The molecule has 25 heavy (non-hydrogen) atoms. The Morgan fingerprint density at radius 1 is 1.12 bits per heavy atom. The van der Waals surface area contributed by atoms with Crippen molar-refractivity contribution in [1.29, 1.82) is 0 Å². The van der Waals surface area contributed by atoms with Crippen LogP contribution in [0.4, 0.5) is 11.4 Å². The predicted molar refractivity (Wildman–Crippen MR) is 96.4 cm³/mol. The van der Waals surface area contributed by atoms with Gasteiger partial charge in [-0.1, -0.05) is 35.9 Å². The number of pyridine rings is 1. The van der Waals surface area contributed by atoms with Gasteiger partial charge in [0.25, 0.3) is 10.0 Å². The number of nitrogens with zero attached hydrogens (tertiary/aromatic N) is 2. The summed E-state index contributed by atoms with van der Waals surface area (Å²) in [5.74, 6) is -0.497. The van der Waals surface area contributed by atoms with Crippen LogP contribution in [-0.2, 0) is 14.8 Å². The number of sulfonamides is 1. The third-order valence-electron chi connectivity index (χ3n) is 4.00. The fourth-order valence-electron chi connectivity index (χ4n) is 2.93. The number of hydrogen-bond acceptors (Lipinski definition) is 4. The van der Waals surface area contributed by atoms with Crippen molar-refractivity contribution in [2.45, 2.75) is 4.90 Å². The number of hydrogen-bond donors (Lipinski definition) is 1. The standard InChI is InChI=1S/C17H12ClN3O3S/c18-17-12(6-3-9-19-17)20-15(22)10-21-13-7-1-4-11-5-2-8-14(16(11)13)25(21,23)24/h1-9H,10H2,(H,20,22). The fraction of sp³-hybridized carbons (Fsp3) is 0.0588. The Hall–Kier alpha value is -2.64. The maximum absolute atomic E-state index is 12.8. The van der Waals surface area contributed by atoms with Crippen LogP contribution in [-0.4, -0.2) is 25.9 Å². The molecule has 1 aromatic heterocycles. The lowest BCUT2D eigenvalue weighted by Gasteiger charge is -2.18. The number of carbonyl (C=O) groups is 1. The van der Waals surface area contributed by atoms with E-state index in [-0.39, 0.29) is 16.6 Å². The van der Waals surface area contributed by atoms with Crippen molar-refractivity contribution in [3.63, 3.8) is 0 Å². The molecule has 1 N–H and O–H groups in total. The third-order valence-corrected chi connectivity index (χ3v) is 6.10. The largest absolute Gasteiger partial charge is 0.322 e. The molecule has 0 saturated carbocycles. The minimum atomic E-state index is -3.77. The molecule has 6 nitrogen and oxygen atoms in total. The van der Waals surface area contributed by atoms with Crippen LogP contribution in [0.1, 0.15) is 0 Å². The van der Waals surface area contributed by atoms with Crippen LogP contribution in [0.5, 0.6) is 0 Å². The lowest BCUT2D eigenvalue weighted by atomic mass is 10.1. The second-order valence-corrected chi connectivity index (χ2v) is 7.72. The molecule has 0 aliphatic carbocycles. The van der Waals surface area contributed by atoms with Crippen LogP contribution in [0, 0.1) is 0 Å². The molecule has 8 heteroatoms. The molecule has 2 heterocycles. The molecule has 3 aromatic rings. The molecule has 0 atom stereocenters. The summed E-state index contributed by atoms with van der Waals surface area (Å²) in [7, 11) is -3.77. The normalized spacial score (nSPS) is 14.7. The lowest BCUT2D eigenvalue weighted by molar-refractivity contribution is -0.114. The number of halogens is 1. The topological polar surface area (TPSA) is 79.4 Å². The van der Waals surface area contributed by atoms with Crippen LogP contribution in [0.2, 0.25) is 5.15 Å². The first-order valence-electron chi connectivity index (χ1n) is 7.43. The molecule has 4 rings (SSSR count). The summed E-state index contributed by atoms with van der Waals surface area (Å²) >= 11 is 5.92.